The lowest BCUT2D eigenvalue weighted by Crippen LogP contribution is -2.16. The molecule has 1 heterocycles. The van der Waals surface area contributed by atoms with E-state index in [9.17, 15) is 4.79 Å². The van der Waals surface area contributed by atoms with Crippen molar-refractivity contribution in [3.8, 4) is 5.75 Å². The Morgan fingerprint density at radius 2 is 1.95 bits per heavy atom. The maximum absolute atomic E-state index is 12.6. The highest BCUT2D eigenvalue weighted by molar-refractivity contribution is 6.11. The van der Waals surface area contributed by atoms with Gasteiger partial charge in [0.15, 0.2) is 5.78 Å². The quantitative estimate of drug-likeness (QED) is 0.785. The van der Waals surface area contributed by atoms with E-state index in [1.54, 1.807) is 7.11 Å². The van der Waals surface area contributed by atoms with Gasteiger partial charge in [-0.1, -0.05) is 26.8 Å². The van der Waals surface area contributed by atoms with Gasteiger partial charge < -0.3 is 9.30 Å². The SMILES string of the molecule is COc1cccc2c1c(C(=O)C(C)C(C)C)cn2C. The second-order valence-corrected chi connectivity index (χ2v) is 5.41. The molecule has 0 bridgehead atoms. The first kappa shape index (κ1) is 13.7. The molecule has 1 unspecified atom stereocenters. The third-order valence-electron chi connectivity index (χ3n) is 3.88. The van der Waals surface area contributed by atoms with Crippen molar-refractivity contribution in [3.05, 3.63) is 30.0 Å². The average molecular weight is 259 g/mol. The van der Waals surface area contributed by atoms with Gasteiger partial charge in [-0.25, -0.2) is 0 Å². The van der Waals surface area contributed by atoms with Crippen molar-refractivity contribution in [2.45, 2.75) is 20.8 Å². The van der Waals surface area contributed by atoms with E-state index in [0.717, 1.165) is 22.2 Å². The summed E-state index contributed by atoms with van der Waals surface area (Å²) in [5.74, 6) is 1.29. The minimum absolute atomic E-state index is 0.00973. The molecule has 0 spiro atoms. The highest BCUT2D eigenvalue weighted by atomic mass is 16.5. The van der Waals surface area contributed by atoms with E-state index in [4.69, 9.17) is 4.74 Å². The molecule has 0 aliphatic heterocycles. The van der Waals surface area contributed by atoms with Crippen molar-refractivity contribution in [2.75, 3.05) is 7.11 Å². The molecular formula is C16H21NO2. The van der Waals surface area contributed by atoms with Crippen LogP contribution >= 0.6 is 0 Å². The molecule has 0 N–H and O–H groups in total. The lowest BCUT2D eigenvalue weighted by Gasteiger charge is -2.14. The van der Waals surface area contributed by atoms with Crippen LogP contribution in [0.1, 0.15) is 31.1 Å². The molecule has 1 atom stereocenters. The van der Waals surface area contributed by atoms with Crippen LogP contribution in [0.15, 0.2) is 24.4 Å². The molecule has 1 aromatic carbocycles. The number of ketones is 1. The van der Waals surface area contributed by atoms with Gasteiger partial charge in [-0.05, 0) is 18.1 Å². The van der Waals surface area contributed by atoms with Gasteiger partial charge in [-0.3, -0.25) is 4.79 Å². The van der Waals surface area contributed by atoms with Crippen LogP contribution in [0.3, 0.4) is 0 Å². The minimum Gasteiger partial charge on any atom is -0.496 e. The monoisotopic (exact) mass is 259 g/mol. The van der Waals surface area contributed by atoms with E-state index in [1.807, 2.05) is 42.9 Å². The van der Waals surface area contributed by atoms with Crippen LogP contribution in [-0.4, -0.2) is 17.5 Å². The second-order valence-electron chi connectivity index (χ2n) is 5.41. The van der Waals surface area contributed by atoms with Crippen molar-refractivity contribution in [1.29, 1.82) is 0 Å². The smallest absolute Gasteiger partial charge is 0.168 e. The van der Waals surface area contributed by atoms with Crippen LogP contribution < -0.4 is 4.74 Å². The van der Waals surface area contributed by atoms with Crippen molar-refractivity contribution < 1.29 is 9.53 Å². The summed E-state index contributed by atoms with van der Waals surface area (Å²) in [5, 5.41) is 0.921. The molecule has 102 valence electrons. The maximum atomic E-state index is 12.6. The lowest BCUT2D eigenvalue weighted by molar-refractivity contribution is 0.0901. The summed E-state index contributed by atoms with van der Waals surface area (Å²) < 4.78 is 7.39. The number of fused-ring (bicyclic) bond motifs is 1. The highest BCUT2D eigenvalue weighted by Crippen LogP contribution is 2.32. The van der Waals surface area contributed by atoms with E-state index in [2.05, 4.69) is 13.8 Å². The molecule has 19 heavy (non-hydrogen) atoms. The molecule has 3 nitrogen and oxygen atoms in total. The number of benzene rings is 1. The fraction of sp³-hybridized carbons (Fsp3) is 0.438. The van der Waals surface area contributed by atoms with Crippen molar-refractivity contribution in [3.63, 3.8) is 0 Å². The Kier molecular flexibility index (Phi) is 3.65. The largest absolute Gasteiger partial charge is 0.496 e. The fourth-order valence-electron chi connectivity index (χ4n) is 2.32. The minimum atomic E-state index is 0.00973. The molecule has 0 saturated heterocycles. The van der Waals surface area contributed by atoms with Crippen molar-refractivity contribution in [2.24, 2.45) is 18.9 Å². The van der Waals surface area contributed by atoms with Crippen LogP contribution in [-0.2, 0) is 7.05 Å². The molecule has 2 rings (SSSR count). The highest BCUT2D eigenvalue weighted by Gasteiger charge is 2.23. The first-order valence-electron chi connectivity index (χ1n) is 6.63. The van der Waals surface area contributed by atoms with Gasteiger partial charge in [0.05, 0.1) is 18.0 Å². The Morgan fingerprint density at radius 1 is 1.26 bits per heavy atom. The molecule has 2 aromatic rings. The van der Waals surface area contributed by atoms with Crippen LogP contribution in [0, 0.1) is 11.8 Å². The number of nitrogens with zero attached hydrogens (tertiary/aromatic N) is 1. The number of methoxy groups -OCH3 is 1. The van der Waals surface area contributed by atoms with Crippen LogP contribution in [0.5, 0.6) is 5.75 Å². The molecule has 0 radical (unpaired) electrons. The Bertz CT molecular complexity index is 610. The van der Waals surface area contributed by atoms with Gasteiger partial charge in [0.1, 0.15) is 5.75 Å². The Morgan fingerprint density at radius 3 is 2.53 bits per heavy atom. The first-order valence-corrected chi connectivity index (χ1v) is 6.63. The first-order chi connectivity index (χ1) is 8.97. The average Bonchev–Trinajstić information content (AvgIpc) is 2.74. The maximum Gasteiger partial charge on any atom is 0.168 e. The Labute approximate surface area is 114 Å². The molecule has 0 amide bonds. The molecule has 0 aliphatic carbocycles. The summed E-state index contributed by atoms with van der Waals surface area (Å²) in [6.45, 7) is 6.14. The van der Waals surface area contributed by atoms with Gasteiger partial charge in [0.25, 0.3) is 0 Å². The molecule has 0 aliphatic rings. The van der Waals surface area contributed by atoms with E-state index in [-0.39, 0.29) is 11.7 Å². The predicted octanol–water partition coefficient (Wildman–Crippen LogP) is 3.66. The number of aromatic nitrogens is 1. The molecular weight excluding hydrogens is 238 g/mol. The summed E-state index contributed by atoms with van der Waals surface area (Å²) in [4.78, 5) is 12.6. The van der Waals surface area contributed by atoms with Gasteiger partial charge in [0, 0.05) is 24.7 Å². The van der Waals surface area contributed by atoms with Gasteiger partial charge in [0.2, 0.25) is 0 Å². The molecule has 0 saturated carbocycles. The van der Waals surface area contributed by atoms with E-state index >= 15 is 0 Å². The number of rotatable bonds is 4. The van der Waals surface area contributed by atoms with Crippen LogP contribution in [0.25, 0.3) is 10.9 Å². The predicted molar refractivity (Wildman–Crippen MR) is 77.8 cm³/mol. The van der Waals surface area contributed by atoms with Gasteiger partial charge >= 0.3 is 0 Å². The fourth-order valence-corrected chi connectivity index (χ4v) is 2.32. The summed E-state index contributed by atoms with van der Waals surface area (Å²) >= 11 is 0. The Balaban J connectivity index is 2.64. The zero-order valence-corrected chi connectivity index (χ0v) is 12.2. The zero-order chi connectivity index (χ0) is 14.2. The zero-order valence-electron chi connectivity index (χ0n) is 12.2. The molecule has 3 heteroatoms. The van der Waals surface area contributed by atoms with E-state index in [0.29, 0.717) is 5.92 Å². The normalized spacial score (nSPS) is 12.9. The van der Waals surface area contributed by atoms with Crippen LogP contribution in [0.2, 0.25) is 0 Å². The summed E-state index contributed by atoms with van der Waals surface area (Å²) in [7, 11) is 3.60. The van der Waals surface area contributed by atoms with Crippen LogP contribution in [0.4, 0.5) is 0 Å². The number of carbonyl (C=O) groups is 1. The topological polar surface area (TPSA) is 31.2 Å². The second kappa shape index (κ2) is 5.08. The third kappa shape index (κ3) is 2.25. The van der Waals surface area contributed by atoms with Crippen molar-refractivity contribution in [1.82, 2.24) is 4.57 Å². The number of hydrogen-bond donors (Lipinski definition) is 0. The number of hydrogen-bond acceptors (Lipinski definition) is 2. The standard InChI is InChI=1S/C16H21NO2/c1-10(2)11(3)16(18)12-9-17(4)13-7-6-8-14(19-5)15(12)13/h6-11H,1-5H3. The number of Topliss-reactive ketones (excluding diaryl/α,β-unsaturated/α-hetero) is 1. The summed E-state index contributed by atoms with van der Waals surface area (Å²) in [6, 6.07) is 5.86. The number of aryl methyl sites for hydroxylation is 1. The Hall–Kier alpha value is -1.77. The van der Waals surface area contributed by atoms with E-state index in [1.165, 1.54) is 0 Å². The molecule has 0 fully saturated rings. The lowest BCUT2D eigenvalue weighted by atomic mass is 9.89. The summed E-state index contributed by atoms with van der Waals surface area (Å²) in [6.07, 6.45) is 1.91. The molecule has 1 aromatic heterocycles. The number of carbonyl (C=O) groups excluding carboxylic acids is 1. The summed E-state index contributed by atoms with van der Waals surface area (Å²) in [5.41, 5.74) is 1.79. The van der Waals surface area contributed by atoms with Gasteiger partial charge in [-0.2, -0.15) is 0 Å². The van der Waals surface area contributed by atoms with Crippen molar-refractivity contribution >= 4 is 16.7 Å². The number of ether oxygens (including phenoxy) is 1. The third-order valence-corrected chi connectivity index (χ3v) is 3.88. The van der Waals surface area contributed by atoms with Gasteiger partial charge in [-0.15, -0.1) is 0 Å². The van der Waals surface area contributed by atoms with E-state index < -0.39 is 0 Å².